The molecule has 3 N–H and O–H groups in total. The number of aliphatic hydroxyl groups is 1. The number of fused-ring (bicyclic) bond motifs is 7. The van der Waals surface area contributed by atoms with Crippen LogP contribution in [-0.2, 0) is 27.8 Å². The van der Waals surface area contributed by atoms with Crippen LogP contribution >= 0.6 is 23.2 Å². The summed E-state index contributed by atoms with van der Waals surface area (Å²) < 4.78 is 20.5. The zero-order chi connectivity index (χ0) is 37.4. The van der Waals surface area contributed by atoms with Crippen molar-refractivity contribution in [1.29, 1.82) is 0 Å². The average Bonchev–Trinajstić information content (AvgIpc) is 3.94. The van der Waals surface area contributed by atoms with Crippen molar-refractivity contribution in [2.75, 3.05) is 5.32 Å². The molecule has 2 aromatic heterocycles. The number of hydrogen-bond acceptors (Lipinski definition) is 9. The normalized spacial score (nSPS) is 23.3. The lowest BCUT2D eigenvalue weighted by molar-refractivity contribution is -0.135. The first kappa shape index (κ1) is 33.7. The van der Waals surface area contributed by atoms with E-state index in [4.69, 9.17) is 46.7 Å². The summed E-state index contributed by atoms with van der Waals surface area (Å²) in [7, 11) is 0. The van der Waals surface area contributed by atoms with Gasteiger partial charge in [0.2, 0.25) is 11.8 Å². The van der Waals surface area contributed by atoms with Crippen LogP contribution in [0.3, 0.4) is 0 Å². The van der Waals surface area contributed by atoms with Crippen molar-refractivity contribution in [2.45, 2.75) is 70.7 Å². The van der Waals surface area contributed by atoms with E-state index in [1.54, 1.807) is 13.8 Å². The van der Waals surface area contributed by atoms with Crippen LogP contribution in [-0.4, -0.2) is 39.1 Å². The second-order valence-electron chi connectivity index (χ2n) is 15.7. The number of aliphatic hydroxyl groups excluding tert-OH is 1. The number of allylic oxidation sites excluding steroid dienone is 1. The Hall–Kier alpha value is -4.90. The second-order valence-corrected chi connectivity index (χ2v) is 16.5. The zero-order valence-corrected chi connectivity index (χ0v) is 31.4. The Balaban J connectivity index is 1.29. The van der Waals surface area contributed by atoms with Gasteiger partial charge in [-0.05, 0) is 46.6 Å². The number of Topliss-reactive ketones (excluding diaryl/α,β-unsaturated/α-hetero) is 1. The highest BCUT2D eigenvalue weighted by Crippen LogP contribution is 2.62. The van der Waals surface area contributed by atoms with Gasteiger partial charge in [0, 0.05) is 51.7 Å². The summed E-state index contributed by atoms with van der Waals surface area (Å²) in [5.41, 5.74) is 7.17. The monoisotopic (exact) mass is 762 g/mol. The first-order chi connectivity index (χ1) is 25.9. The van der Waals surface area contributed by atoms with Crippen LogP contribution in [0.25, 0.3) is 28.3 Å². The van der Waals surface area contributed by atoms with Crippen LogP contribution < -0.4 is 15.4 Å². The molecule has 5 atom stereocenters. The Labute approximate surface area is 320 Å². The molecule has 0 saturated heterocycles. The van der Waals surface area contributed by atoms with Gasteiger partial charge >= 0.3 is 0 Å². The molecule has 1 amide bonds. The highest BCUT2D eigenvalue weighted by Gasteiger charge is 2.62. The number of ketones is 1. The van der Waals surface area contributed by atoms with Crippen molar-refractivity contribution >= 4 is 46.2 Å². The van der Waals surface area contributed by atoms with E-state index in [9.17, 15) is 14.7 Å². The maximum absolute atomic E-state index is 14.3. The van der Waals surface area contributed by atoms with Gasteiger partial charge < -0.3 is 29.3 Å². The molecule has 54 heavy (non-hydrogen) atoms. The minimum atomic E-state index is -1.18. The number of hydrogen-bond donors (Lipinski definition) is 3. The van der Waals surface area contributed by atoms with Gasteiger partial charge in [0.1, 0.15) is 23.3 Å². The van der Waals surface area contributed by atoms with Crippen molar-refractivity contribution in [3.05, 3.63) is 110 Å². The van der Waals surface area contributed by atoms with E-state index in [1.807, 2.05) is 44.2 Å². The first-order valence-corrected chi connectivity index (χ1v) is 19.1. The number of carbonyl (C=O) groups excluding carboxylic acids is 2. The van der Waals surface area contributed by atoms with Crippen LogP contribution in [0.1, 0.15) is 85.4 Å². The van der Waals surface area contributed by atoms with Crippen LogP contribution in [0, 0.1) is 17.8 Å². The van der Waals surface area contributed by atoms with Crippen LogP contribution in [0.2, 0.25) is 5.15 Å². The summed E-state index contributed by atoms with van der Waals surface area (Å²) in [6, 6.07) is 17.5. The second kappa shape index (κ2) is 11.8. The van der Waals surface area contributed by atoms with E-state index in [1.165, 1.54) is 0 Å². The third-order valence-corrected chi connectivity index (χ3v) is 12.3. The lowest BCUT2D eigenvalue weighted by atomic mass is 9.71. The van der Waals surface area contributed by atoms with Crippen molar-refractivity contribution in [3.8, 4) is 28.5 Å². The molecule has 12 heteroatoms. The molecular formula is C42H36Cl2N4O6. The van der Waals surface area contributed by atoms with Crippen molar-refractivity contribution in [3.63, 3.8) is 0 Å². The molecule has 0 radical (unpaired) electrons. The number of carbonyl (C=O) groups is 2. The quantitative estimate of drug-likeness (QED) is 0.163. The highest BCUT2D eigenvalue weighted by molar-refractivity contribution is 6.36. The highest BCUT2D eigenvalue weighted by atomic mass is 35.5. The van der Waals surface area contributed by atoms with Crippen LogP contribution in [0.15, 0.2) is 68.5 Å². The molecule has 5 aliphatic rings. The van der Waals surface area contributed by atoms with Gasteiger partial charge in [-0.15, -0.1) is 0 Å². The standard InChI is InChI=1S/C42H36Cl2N4O6/c1-17(2)31-39-46-33-36(54-39)42-24-10-6-9-23(22-8-5-7-20-15-26(43)30(29(20)22)35-37(44)48-40(33)53-35)32(24)47-41(42)52-28-12-11-19(14-25(28)42)13-21(38(51)45-31)16-27(49)34(50)18(3)4/h5-12,14,17-18,21,31,34,41,47,50H,13,15-16H2,1-4H3,(H,45,51)/t21?,31-,34-,41-,42?/m0/s1. The van der Waals surface area contributed by atoms with Gasteiger partial charge in [-0.3, -0.25) is 9.59 Å². The van der Waals surface area contributed by atoms with E-state index in [0.717, 1.165) is 44.6 Å². The third kappa shape index (κ3) is 4.56. The number of ether oxygens (including phenoxy) is 1. The third-order valence-electron chi connectivity index (χ3n) is 11.7. The summed E-state index contributed by atoms with van der Waals surface area (Å²) in [6.45, 7) is 7.50. The predicted molar refractivity (Wildman–Crippen MR) is 202 cm³/mol. The largest absolute Gasteiger partial charge is 0.469 e. The van der Waals surface area contributed by atoms with E-state index in [-0.39, 0.29) is 53.3 Å². The summed E-state index contributed by atoms with van der Waals surface area (Å²) in [5, 5.41) is 18.4. The Morgan fingerprint density at radius 2 is 1.80 bits per heavy atom. The summed E-state index contributed by atoms with van der Waals surface area (Å²) >= 11 is 14.0. The fraction of sp³-hybridized carbons (Fsp3) is 0.333. The molecule has 274 valence electrons. The van der Waals surface area contributed by atoms with Crippen LogP contribution in [0.4, 0.5) is 5.69 Å². The van der Waals surface area contributed by atoms with Gasteiger partial charge in [-0.25, -0.2) is 4.98 Å². The summed E-state index contributed by atoms with van der Waals surface area (Å²) in [4.78, 5) is 37.5. The average molecular weight is 764 g/mol. The molecule has 0 saturated carbocycles. The minimum absolute atomic E-state index is 0.134. The molecule has 0 fully saturated rings. The molecule has 6 heterocycles. The number of rotatable bonds is 5. The SMILES string of the molecule is CC(C)[C@H](O)C(=O)CC1Cc2ccc3c(c2)C24c5cccc(c5N[C@H]2O3)-c2cccc3c2C(=C(Cl)C3)c2oc(nc2Cl)-c2nc(oc24)[C@H](C(C)C)NC1=O. The molecular weight excluding hydrogens is 727 g/mol. The molecule has 10 bridgehead atoms. The number of nitrogens with one attached hydrogen (secondary N) is 2. The minimum Gasteiger partial charge on any atom is -0.469 e. The maximum atomic E-state index is 14.3. The van der Waals surface area contributed by atoms with Gasteiger partial charge in [0.05, 0.1) is 0 Å². The Bertz CT molecular complexity index is 2500. The predicted octanol–water partition coefficient (Wildman–Crippen LogP) is 7.96. The molecule has 1 spiro atoms. The Morgan fingerprint density at radius 3 is 2.59 bits per heavy atom. The number of para-hydroxylation sites is 1. The number of amides is 1. The van der Waals surface area contributed by atoms with Gasteiger partial charge in [0.25, 0.3) is 5.89 Å². The van der Waals surface area contributed by atoms with Gasteiger partial charge in [0.15, 0.2) is 34.4 Å². The number of aromatic nitrogens is 2. The molecule has 5 aromatic rings. The Morgan fingerprint density at radius 1 is 1.00 bits per heavy atom. The van der Waals surface area contributed by atoms with E-state index >= 15 is 0 Å². The van der Waals surface area contributed by atoms with Crippen LogP contribution in [0.5, 0.6) is 5.75 Å². The van der Waals surface area contributed by atoms with Gasteiger partial charge in [-0.1, -0.05) is 99.4 Å². The smallest absolute Gasteiger partial charge is 0.250 e. The lowest BCUT2D eigenvalue weighted by Crippen LogP contribution is -2.41. The number of oxazole rings is 2. The lowest BCUT2D eigenvalue weighted by Gasteiger charge is -2.28. The van der Waals surface area contributed by atoms with Crippen molar-refractivity contribution < 1.29 is 28.3 Å². The summed E-state index contributed by atoms with van der Waals surface area (Å²) in [6.07, 6.45) is -1.22. The van der Waals surface area contributed by atoms with Crippen molar-refractivity contribution in [2.24, 2.45) is 17.8 Å². The molecule has 10 nitrogen and oxygen atoms in total. The topological polar surface area (TPSA) is 140 Å². The summed E-state index contributed by atoms with van der Waals surface area (Å²) in [5.74, 6) is -0.186. The number of anilines is 1. The molecule has 1 aliphatic carbocycles. The first-order valence-electron chi connectivity index (χ1n) is 18.4. The number of nitrogens with zero attached hydrogens (tertiary/aromatic N) is 2. The Kier molecular flexibility index (Phi) is 7.35. The van der Waals surface area contributed by atoms with Crippen molar-refractivity contribution in [1.82, 2.24) is 15.3 Å². The molecule has 10 rings (SSSR count). The fourth-order valence-corrected chi connectivity index (χ4v) is 9.58. The maximum Gasteiger partial charge on any atom is 0.250 e. The number of halogens is 2. The van der Waals surface area contributed by atoms with E-state index < -0.39 is 29.7 Å². The number of benzene rings is 3. The molecule has 2 unspecified atom stereocenters. The van der Waals surface area contributed by atoms with Gasteiger partial charge in [-0.2, -0.15) is 4.98 Å². The van der Waals surface area contributed by atoms with E-state index in [0.29, 0.717) is 40.0 Å². The molecule has 3 aromatic carbocycles. The molecule has 4 aliphatic heterocycles. The van der Waals surface area contributed by atoms with E-state index in [2.05, 4.69) is 34.9 Å². The fourth-order valence-electron chi connectivity index (χ4n) is 9.05. The zero-order valence-electron chi connectivity index (χ0n) is 29.9.